The van der Waals surface area contributed by atoms with Crippen LogP contribution in [0.5, 0.6) is 0 Å². The molecule has 1 aliphatic rings. The van der Waals surface area contributed by atoms with Crippen molar-refractivity contribution in [3.63, 3.8) is 0 Å². The summed E-state index contributed by atoms with van der Waals surface area (Å²) in [6.07, 6.45) is -0.413. The van der Waals surface area contributed by atoms with E-state index in [0.29, 0.717) is 31.4 Å². The second kappa shape index (κ2) is 6.40. The molecule has 5 nitrogen and oxygen atoms in total. The van der Waals surface area contributed by atoms with Crippen LogP contribution < -0.4 is 5.09 Å². The van der Waals surface area contributed by atoms with Gasteiger partial charge in [0, 0.05) is 31.4 Å². The molecular weight excluding hydrogens is 262 g/mol. The monoisotopic (exact) mass is 276 g/mol. The number of hydrogen-bond donors (Lipinski definition) is 2. The lowest BCUT2D eigenvalue weighted by Crippen LogP contribution is -2.29. The third-order valence-corrected chi connectivity index (χ3v) is 4.72. The Balaban J connectivity index is 2.61. The summed E-state index contributed by atoms with van der Waals surface area (Å²) < 4.78 is 19.1. The summed E-state index contributed by atoms with van der Waals surface area (Å²) in [5, 5.41) is 11.7. The molecule has 0 aromatic heterocycles. The smallest absolute Gasteiger partial charge is 0.343 e. The zero-order valence-electron chi connectivity index (χ0n) is 8.23. The van der Waals surface area contributed by atoms with Crippen molar-refractivity contribution in [1.82, 2.24) is 9.76 Å². The molecule has 1 saturated heterocycles. The molecule has 0 bridgehead atoms. The third-order valence-electron chi connectivity index (χ3n) is 2.07. The van der Waals surface area contributed by atoms with Crippen molar-refractivity contribution < 1.29 is 14.2 Å². The first kappa shape index (κ1) is 13.7. The van der Waals surface area contributed by atoms with E-state index in [1.54, 1.807) is 4.67 Å². The number of nitrogens with zero attached hydrogens (tertiary/aromatic N) is 1. The van der Waals surface area contributed by atoms with Gasteiger partial charge in [0.05, 0.1) is 6.61 Å². The van der Waals surface area contributed by atoms with E-state index < -0.39 is 13.8 Å². The lowest BCUT2D eigenvalue weighted by Gasteiger charge is -2.25. The fourth-order valence-corrected chi connectivity index (χ4v) is 4.09. The van der Waals surface area contributed by atoms with Gasteiger partial charge in [-0.2, -0.15) is 0 Å². The molecule has 0 saturated carbocycles. The standard InChI is InChI=1S/C7H15Cl2N2O3P/c8-1-3-11(4-2-9)15(13)10-5-7(6-12)14-15/h7,12H,1-6H2,(H,10,13)/t7-,15+/m1/s1. The largest absolute Gasteiger partial charge is 0.394 e. The van der Waals surface area contributed by atoms with E-state index >= 15 is 0 Å². The van der Waals surface area contributed by atoms with Gasteiger partial charge < -0.3 is 5.11 Å². The minimum Gasteiger partial charge on any atom is -0.394 e. The maximum atomic E-state index is 12.2. The van der Waals surface area contributed by atoms with Gasteiger partial charge in [-0.3, -0.25) is 9.09 Å². The number of aliphatic hydroxyl groups is 1. The van der Waals surface area contributed by atoms with Crippen LogP contribution in [0.4, 0.5) is 0 Å². The van der Waals surface area contributed by atoms with E-state index in [0.717, 1.165) is 0 Å². The molecule has 2 N–H and O–H groups in total. The fraction of sp³-hybridized carbons (Fsp3) is 1.00. The molecular formula is C7H15Cl2N2O3P. The van der Waals surface area contributed by atoms with Gasteiger partial charge in [0.25, 0.3) is 0 Å². The number of hydrogen-bond acceptors (Lipinski definition) is 3. The van der Waals surface area contributed by atoms with Gasteiger partial charge in [-0.15, -0.1) is 23.2 Å². The SMILES string of the molecule is O=[P@@]1(N(CCCl)CCCl)NC[C@H](CO)O1. The minimum atomic E-state index is -3.03. The van der Waals surface area contributed by atoms with Crippen LogP contribution in [0.2, 0.25) is 0 Å². The van der Waals surface area contributed by atoms with E-state index in [9.17, 15) is 4.57 Å². The second-order valence-electron chi connectivity index (χ2n) is 3.12. The topological polar surface area (TPSA) is 61.8 Å². The van der Waals surface area contributed by atoms with Crippen LogP contribution in [0.15, 0.2) is 0 Å². The quantitative estimate of drug-likeness (QED) is 0.557. The Morgan fingerprint density at radius 1 is 1.47 bits per heavy atom. The Kier molecular flexibility index (Phi) is 5.85. The average molecular weight is 277 g/mol. The van der Waals surface area contributed by atoms with Crippen molar-refractivity contribution in [1.29, 1.82) is 0 Å². The van der Waals surface area contributed by atoms with Crippen molar-refractivity contribution >= 4 is 30.9 Å². The summed E-state index contributed by atoms with van der Waals surface area (Å²) in [7, 11) is -3.03. The van der Waals surface area contributed by atoms with Crippen LogP contribution in [0, 0.1) is 0 Å². The maximum absolute atomic E-state index is 12.2. The van der Waals surface area contributed by atoms with Crippen molar-refractivity contribution in [2.75, 3.05) is 38.0 Å². The maximum Gasteiger partial charge on any atom is 0.343 e. The molecule has 15 heavy (non-hydrogen) atoms. The zero-order chi connectivity index (χ0) is 11.3. The lowest BCUT2D eigenvalue weighted by molar-refractivity contribution is 0.134. The minimum absolute atomic E-state index is 0.146. The molecule has 1 heterocycles. The molecule has 8 heteroatoms. The van der Waals surface area contributed by atoms with Gasteiger partial charge in [0.1, 0.15) is 6.10 Å². The average Bonchev–Trinajstić information content (AvgIpc) is 2.61. The van der Waals surface area contributed by atoms with Crippen LogP contribution in [0.25, 0.3) is 0 Å². The lowest BCUT2D eigenvalue weighted by atomic mass is 10.4. The van der Waals surface area contributed by atoms with E-state index in [-0.39, 0.29) is 6.61 Å². The Bertz CT molecular complexity index is 238. The predicted molar refractivity (Wildman–Crippen MR) is 60.6 cm³/mol. The first-order valence-corrected chi connectivity index (χ1v) is 7.32. The normalized spacial score (nSPS) is 31.3. The van der Waals surface area contributed by atoms with Crippen LogP contribution >= 0.6 is 30.9 Å². The summed E-state index contributed by atoms with van der Waals surface area (Å²) in [6.45, 7) is 1.12. The molecule has 0 unspecified atom stereocenters. The highest BCUT2D eigenvalue weighted by molar-refractivity contribution is 7.54. The Morgan fingerprint density at radius 3 is 2.47 bits per heavy atom. The summed E-state index contributed by atoms with van der Waals surface area (Å²) in [4.78, 5) is 0. The van der Waals surface area contributed by atoms with Gasteiger partial charge in [-0.1, -0.05) is 0 Å². The molecule has 0 aliphatic carbocycles. The second-order valence-corrected chi connectivity index (χ2v) is 6.01. The molecule has 0 spiro atoms. The molecule has 0 aromatic rings. The van der Waals surface area contributed by atoms with Gasteiger partial charge in [-0.25, -0.2) is 9.76 Å². The predicted octanol–water partition coefficient (Wildman–Crippen LogP) is 0.855. The van der Waals surface area contributed by atoms with E-state index in [1.165, 1.54) is 0 Å². The van der Waals surface area contributed by atoms with Crippen molar-refractivity contribution in [2.24, 2.45) is 0 Å². The number of rotatable bonds is 6. The van der Waals surface area contributed by atoms with Crippen molar-refractivity contribution in [2.45, 2.75) is 6.10 Å². The Hall–Kier alpha value is 0.650. The van der Waals surface area contributed by atoms with Crippen molar-refractivity contribution in [3.8, 4) is 0 Å². The van der Waals surface area contributed by atoms with Crippen molar-refractivity contribution in [3.05, 3.63) is 0 Å². The van der Waals surface area contributed by atoms with Gasteiger partial charge >= 0.3 is 7.67 Å². The molecule has 0 aromatic carbocycles. The number of nitrogens with one attached hydrogen (secondary N) is 1. The van der Waals surface area contributed by atoms with Gasteiger partial charge in [0.2, 0.25) is 0 Å². The highest BCUT2D eigenvalue weighted by Crippen LogP contribution is 2.50. The number of alkyl halides is 2. The number of aliphatic hydroxyl groups excluding tert-OH is 1. The highest BCUT2D eigenvalue weighted by atomic mass is 35.5. The molecule has 90 valence electrons. The first-order valence-electron chi connectivity index (χ1n) is 4.68. The van der Waals surface area contributed by atoms with E-state index in [4.69, 9.17) is 32.8 Å². The Labute approximate surface area is 99.2 Å². The summed E-state index contributed by atoms with van der Waals surface area (Å²) in [6, 6.07) is 0. The van der Waals surface area contributed by atoms with Crippen LogP contribution in [0.1, 0.15) is 0 Å². The van der Waals surface area contributed by atoms with Crippen LogP contribution in [0.3, 0.4) is 0 Å². The van der Waals surface area contributed by atoms with E-state index in [1.807, 2.05) is 0 Å². The highest BCUT2D eigenvalue weighted by Gasteiger charge is 2.39. The summed E-state index contributed by atoms with van der Waals surface area (Å²) in [5.74, 6) is 0.714. The van der Waals surface area contributed by atoms with Crippen LogP contribution in [-0.4, -0.2) is 53.9 Å². The molecule has 1 aliphatic heterocycles. The van der Waals surface area contributed by atoms with Gasteiger partial charge in [0.15, 0.2) is 0 Å². The van der Waals surface area contributed by atoms with E-state index in [2.05, 4.69) is 5.09 Å². The Morgan fingerprint density at radius 2 is 2.07 bits per heavy atom. The first-order chi connectivity index (χ1) is 7.16. The molecule has 2 atom stereocenters. The third kappa shape index (κ3) is 3.56. The van der Waals surface area contributed by atoms with Crippen LogP contribution in [-0.2, 0) is 9.09 Å². The summed E-state index contributed by atoms with van der Waals surface area (Å²) >= 11 is 11.2. The zero-order valence-corrected chi connectivity index (χ0v) is 10.6. The molecule has 0 radical (unpaired) electrons. The molecule has 1 rings (SSSR count). The fourth-order valence-electron chi connectivity index (χ4n) is 1.33. The summed E-state index contributed by atoms with van der Waals surface area (Å²) in [5.41, 5.74) is 0. The van der Waals surface area contributed by atoms with Gasteiger partial charge in [-0.05, 0) is 0 Å². The molecule has 0 amide bonds. The molecule has 1 fully saturated rings. The number of halogens is 2.